The Hall–Kier alpha value is -3.23. The second kappa shape index (κ2) is 9.50. The highest BCUT2D eigenvalue weighted by molar-refractivity contribution is 7.10. The first-order valence-electron chi connectivity index (χ1n) is 10.4. The number of likely N-dealkylation sites (N-methyl/N-ethyl adjacent to an activating group) is 1. The molecule has 1 aliphatic heterocycles. The molecule has 4 rings (SSSR count). The fraction of sp³-hybridized carbons (Fsp3) is 0.292. The molecular weight excluding hydrogens is 424 g/mol. The predicted molar refractivity (Wildman–Crippen MR) is 126 cm³/mol. The Morgan fingerprint density at radius 1 is 1.19 bits per heavy atom. The minimum atomic E-state index is -0.167. The lowest BCUT2D eigenvalue weighted by molar-refractivity contribution is -0.134. The van der Waals surface area contributed by atoms with Gasteiger partial charge in [0.25, 0.3) is 5.91 Å². The number of nitrogens with zero attached hydrogens (tertiary/aromatic N) is 3. The monoisotopic (exact) mass is 450 g/mol. The van der Waals surface area contributed by atoms with E-state index in [9.17, 15) is 9.59 Å². The zero-order chi connectivity index (χ0) is 22.7. The van der Waals surface area contributed by atoms with Gasteiger partial charge < -0.3 is 9.73 Å². The number of rotatable bonds is 7. The fourth-order valence-corrected chi connectivity index (χ4v) is 4.53. The number of nitrogens with one attached hydrogen (secondary N) is 1. The average molecular weight is 451 g/mol. The number of carbonyl (C=O) groups is 2. The summed E-state index contributed by atoms with van der Waals surface area (Å²) in [5.74, 6) is 0.347. The number of anilines is 1. The highest BCUT2D eigenvalue weighted by Gasteiger charge is 2.35. The number of aryl methyl sites for hydroxylation is 1. The maximum atomic E-state index is 13.1. The maximum absolute atomic E-state index is 13.1. The van der Waals surface area contributed by atoms with Gasteiger partial charge in [-0.3, -0.25) is 14.5 Å². The number of benzene rings is 1. The van der Waals surface area contributed by atoms with Crippen molar-refractivity contribution >= 4 is 34.6 Å². The molecule has 166 valence electrons. The van der Waals surface area contributed by atoms with Gasteiger partial charge in [0.15, 0.2) is 0 Å². The summed E-state index contributed by atoms with van der Waals surface area (Å²) in [6.07, 6.45) is 2.20. The smallest absolute Gasteiger partial charge is 0.257 e. The molecule has 0 saturated heterocycles. The van der Waals surface area contributed by atoms with E-state index >= 15 is 0 Å². The third-order valence-corrected chi connectivity index (χ3v) is 6.51. The van der Waals surface area contributed by atoms with E-state index in [1.54, 1.807) is 29.5 Å². The number of hydrazone groups is 1. The van der Waals surface area contributed by atoms with Crippen LogP contribution in [0.1, 0.15) is 34.2 Å². The molecule has 1 aromatic carbocycles. The van der Waals surface area contributed by atoms with Crippen LogP contribution >= 0.6 is 11.3 Å². The van der Waals surface area contributed by atoms with Crippen LogP contribution in [0.3, 0.4) is 0 Å². The van der Waals surface area contributed by atoms with Gasteiger partial charge in [0.05, 0.1) is 25.4 Å². The van der Waals surface area contributed by atoms with E-state index in [4.69, 9.17) is 4.42 Å². The zero-order valence-corrected chi connectivity index (χ0v) is 19.2. The zero-order valence-electron chi connectivity index (χ0n) is 18.4. The molecular formula is C24H26N4O3S. The Morgan fingerprint density at radius 3 is 2.75 bits per heavy atom. The molecule has 0 spiro atoms. The van der Waals surface area contributed by atoms with E-state index in [1.807, 2.05) is 61.7 Å². The van der Waals surface area contributed by atoms with Gasteiger partial charge in [-0.2, -0.15) is 5.10 Å². The summed E-state index contributed by atoms with van der Waals surface area (Å²) in [5.41, 5.74) is 3.69. The SMILES string of the molecule is Cc1cccc(NC(=O)CN(C)CC(=O)N2N=C(c3ccco3)CC2c2cccs2)c1C. The fourth-order valence-electron chi connectivity index (χ4n) is 3.72. The standard InChI is InChI=1S/C24H26N4O3S/c1-16-7-4-8-18(17(16)2)25-23(29)14-27(3)15-24(30)28-20(22-10-6-12-32-22)13-19(26-28)21-9-5-11-31-21/h4-12,20H,13-15H2,1-3H3,(H,25,29). The van der Waals surface area contributed by atoms with E-state index in [1.165, 1.54) is 5.01 Å². The Labute approximate surface area is 191 Å². The van der Waals surface area contributed by atoms with Gasteiger partial charge >= 0.3 is 0 Å². The summed E-state index contributed by atoms with van der Waals surface area (Å²) in [4.78, 5) is 28.4. The van der Waals surface area contributed by atoms with Gasteiger partial charge in [-0.1, -0.05) is 18.2 Å². The number of furan rings is 1. The third-order valence-electron chi connectivity index (χ3n) is 5.54. The van der Waals surface area contributed by atoms with Crippen molar-refractivity contribution < 1.29 is 14.0 Å². The summed E-state index contributed by atoms with van der Waals surface area (Å²) in [5, 5.41) is 11.0. The number of amides is 2. The lowest BCUT2D eigenvalue weighted by Crippen LogP contribution is -2.39. The highest BCUT2D eigenvalue weighted by atomic mass is 32.1. The van der Waals surface area contributed by atoms with Crippen LogP contribution in [0.15, 0.2) is 63.6 Å². The van der Waals surface area contributed by atoms with Crippen molar-refractivity contribution in [3.63, 3.8) is 0 Å². The molecule has 32 heavy (non-hydrogen) atoms. The van der Waals surface area contributed by atoms with Crippen molar-refractivity contribution in [3.05, 3.63) is 75.9 Å². The number of thiophene rings is 1. The van der Waals surface area contributed by atoms with Gasteiger partial charge in [-0.05, 0) is 61.7 Å². The summed E-state index contributed by atoms with van der Waals surface area (Å²) in [6.45, 7) is 4.17. The Bertz CT molecular complexity index is 1120. The van der Waals surface area contributed by atoms with Crippen molar-refractivity contribution in [1.82, 2.24) is 9.91 Å². The molecule has 0 saturated carbocycles. The van der Waals surface area contributed by atoms with Gasteiger partial charge in [0, 0.05) is 17.0 Å². The van der Waals surface area contributed by atoms with Crippen molar-refractivity contribution in [2.75, 3.05) is 25.5 Å². The van der Waals surface area contributed by atoms with Gasteiger partial charge in [-0.15, -0.1) is 11.3 Å². The van der Waals surface area contributed by atoms with E-state index in [2.05, 4.69) is 10.4 Å². The predicted octanol–water partition coefficient (Wildman–Crippen LogP) is 4.21. The first-order valence-corrected chi connectivity index (χ1v) is 11.3. The molecule has 0 bridgehead atoms. The van der Waals surface area contributed by atoms with Crippen molar-refractivity contribution in [3.8, 4) is 0 Å². The van der Waals surface area contributed by atoms with Crippen LogP contribution in [-0.4, -0.2) is 47.6 Å². The molecule has 0 radical (unpaired) electrons. The number of hydrogen-bond acceptors (Lipinski definition) is 6. The van der Waals surface area contributed by atoms with E-state index in [0.29, 0.717) is 12.2 Å². The molecule has 3 heterocycles. The maximum Gasteiger partial charge on any atom is 0.257 e. The highest BCUT2D eigenvalue weighted by Crippen LogP contribution is 2.35. The van der Waals surface area contributed by atoms with Crippen LogP contribution in [0.2, 0.25) is 0 Å². The van der Waals surface area contributed by atoms with Crippen LogP contribution in [0.5, 0.6) is 0 Å². The van der Waals surface area contributed by atoms with E-state index in [0.717, 1.165) is 27.4 Å². The van der Waals surface area contributed by atoms with Gasteiger partial charge in [0.1, 0.15) is 11.5 Å². The minimum Gasteiger partial charge on any atom is -0.463 e. The van der Waals surface area contributed by atoms with Crippen LogP contribution < -0.4 is 5.32 Å². The second-order valence-electron chi connectivity index (χ2n) is 7.97. The lowest BCUT2D eigenvalue weighted by Gasteiger charge is -2.23. The van der Waals surface area contributed by atoms with Crippen LogP contribution in [0, 0.1) is 13.8 Å². The molecule has 0 aliphatic carbocycles. The molecule has 1 aliphatic rings. The summed E-state index contributed by atoms with van der Waals surface area (Å²) >= 11 is 1.60. The van der Waals surface area contributed by atoms with Gasteiger partial charge in [-0.25, -0.2) is 5.01 Å². The number of hydrogen-bond donors (Lipinski definition) is 1. The average Bonchev–Trinajstić information content (AvgIpc) is 3.52. The largest absolute Gasteiger partial charge is 0.463 e. The quantitative estimate of drug-likeness (QED) is 0.585. The molecule has 3 aromatic rings. The number of carbonyl (C=O) groups excluding carboxylic acids is 2. The first-order chi connectivity index (χ1) is 15.4. The third kappa shape index (κ3) is 4.81. The normalized spacial score (nSPS) is 15.8. The van der Waals surface area contributed by atoms with Crippen molar-refractivity contribution in [2.24, 2.45) is 5.10 Å². The Morgan fingerprint density at radius 2 is 2.03 bits per heavy atom. The Kier molecular flexibility index (Phi) is 6.53. The van der Waals surface area contributed by atoms with Crippen molar-refractivity contribution in [1.29, 1.82) is 0 Å². The molecule has 1 N–H and O–H groups in total. The Balaban J connectivity index is 1.41. The van der Waals surface area contributed by atoms with E-state index < -0.39 is 0 Å². The van der Waals surface area contributed by atoms with Crippen LogP contribution in [0.25, 0.3) is 0 Å². The second-order valence-corrected chi connectivity index (χ2v) is 8.94. The van der Waals surface area contributed by atoms with Gasteiger partial charge in [0.2, 0.25) is 5.91 Å². The summed E-state index contributed by atoms with van der Waals surface area (Å²) in [6, 6.07) is 13.3. The minimum absolute atomic E-state index is 0.0804. The topological polar surface area (TPSA) is 78.2 Å². The van der Waals surface area contributed by atoms with Crippen LogP contribution in [0.4, 0.5) is 5.69 Å². The van der Waals surface area contributed by atoms with Crippen LogP contribution in [-0.2, 0) is 9.59 Å². The van der Waals surface area contributed by atoms with E-state index in [-0.39, 0.29) is 30.9 Å². The molecule has 1 unspecified atom stereocenters. The molecule has 0 fully saturated rings. The molecule has 2 amide bonds. The first kappa shape index (κ1) is 22.0. The summed E-state index contributed by atoms with van der Waals surface area (Å²) < 4.78 is 5.49. The lowest BCUT2D eigenvalue weighted by atomic mass is 10.1. The molecule has 2 aromatic heterocycles. The molecule has 7 nitrogen and oxygen atoms in total. The molecule has 1 atom stereocenters. The van der Waals surface area contributed by atoms with Crippen molar-refractivity contribution in [2.45, 2.75) is 26.3 Å². The summed E-state index contributed by atoms with van der Waals surface area (Å²) in [7, 11) is 1.76. The molecule has 8 heteroatoms.